The van der Waals surface area contributed by atoms with Gasteiger partial charge in [-0.2, -0.15) is 0 Å². The lowest BCUT2D eigenvalue weighted by Gasteiger charge is -2.15. The van der Waals surface area contributed by atoms with Crippen LogP contribution >= 0.6 is 0 Å². The van der Waals surface area contributed by atoms with Crippen LogP contribution in [-0.2, 0) is 6.42 Å². The van der Waals surface area contributed by atoms with Crippen LogP contribution in [0.15, 0.2) is 42.5 Å². The van der Waals surface area contributed by atoms with Crippen LogP contribution in [0.1, 0.15) is 28.4 Å². The van der Waals surface area contributed by atoms with Crippen LogP contribution < -0.4 is 0 Å². The normalized spacial score (nSPS) is 12.4. The Balaban J connectivity index is 2.21. The quantitative estimate of drug-likeness (QED) is 0.872. The molecule has 0 aromatic heterocycles. The summed E-state index contributed by atoms with van der Waals surface area (Å²) in [6.07, 6.45) is -0.0351. The van der Waals surface area contributed by atoms with Crippen molar-refractivity contribution in [3.63, 3.8) is 0 Å². The number of aliphatic hydroxyl groups excluding tert-OH is 1. The second-order valence-electron chi connectivity index (χ2n) is 4.65. The highest BCUT2D eigenvalue weighted by Crippen LogP contribution is 2.23. The van der Waals surface area contributed by atoms with Crippen molar-refractivity contribution < 1.29 is 9.50 Å². The molecule has 0 saturated heterocycles. The molecule has 0 fully saturated rings. The molecule has 94 valence electrons. The highest BCUT2D eigenvalue weighted by molar-refractivity contribution is 5.32. The van der Waals surface area contributed by atoms with Crippen LogP contribution in [-0.4, -0.2) is 5.11 Å². The topological polar surface area (TPSA) is 20.2 Å². The maximum atomic E-state index is 13.0. The summed E-state index contributed by atoms with van der Waals surface area (Å²) >= 11 is 0. The average Bonchev–Trinajstić information content (AvgIpc) is 2.33. The fourth-order valence-electron chi connectivity index (χ4n) is 2.17. The Morgan fingerprint density at radius 3 is 2.44 bits per heavy atom. The maximum Gasteiger partial charge on any atom is 0.123 e. The van der Waals surface area contributed by atoms with Gasteiger partial charge in [0.1, 0.15) is 5.82 Å². The molecule has 2 rings (SSSR count). The zero-order valence-electron chi connectivity index (χ0n) is 10.7. The Bertz CT molecular complexity index is 549. The van der Waals surface area contributed by atoms with Crippen molar-refractivity contribution in [2.24, 2.45) is 0 Å². The van der Waals surface area contributed by atoms with Gasteiger partial charge in [0.25, 0.3) is 0 Å². The van der Waals surface area contributed by atoms with E-state index in [1.807, 2.05) is 38.1 Å². The van der Waals surface area contributed by atoms with Gasteiger partial charge in [0, 0.05) is 6.42 Å². The smallest absolute Gasteiger partial charge is 0.123 e. The van der Waals surface area contributed by atoms with Crippen LogP contribution in [0.3, 0.4) is 0 Å². The highest BCUT2D eigenvalue weighted by atomic mass is 19.1. The molecule has 0 radical (unpaired) electrons. The van der Waals surface area contributed by atoms with Crippen LogP contribution in [0.4, 0.5) is 4.39 Å². The predicted octanol–water partition coefficient (Wildman–Crippen LogP) is 3.72. The molecule has 2 heteroatoms. The van der Waals surface area contributed by atoms with Crippen molar-refractivity contribution >= 4 is 0 Å². The van der Waals surface area contributed by atoms with Gasteiger partial charge >= 0.3 is 0 Å². The van der Waals surface area contributed by atoms with Crippen molar-refractivity contribution in [1.29, 1.82) is 0 Å². The first-order valence-corrected chi connectivity index (χ1v) is 6.06. The van der Waals surface area contributed by atoms with Crippen molar-refractivity contribution in [1.82, 2.24) is 0 Å². The number of hydrogen-bond donors (Lipinski definition) is 1. The van der Waals surface area contributed by atoms with E-state index in [1.165, 1.54) is 12.1 Å². The van der Waals surface area contributed by atoms with E-state index in [0.717, 1.165) is 22.3 Å². The summed E-state index contributed by atoms with van der Waals surface area (Å²) in [5.74, 6) is -0.235. The van der Waals surface area contributed by atoms with E-state index in [0.29, 0.717) is 6.42 Å². The molecule has 0 amide bonds. The highest BCUT2D eigenvalue weighted by Gasteiger charge is 2.12. The van der Waals surface area contributed by atoms with Gasteiger partial charge in [-0.05, 0) is 48.2 Å². The van der Waals surface area contributed by atoms with Crippen molar-refractivity contribution in [2.45, 2.75) is 26.4 Å². The molecule has 2 aromatic carbocycles. The standard InChI is InChI=1S/C16H17FO/c1-11-5-3-4-6-15(11)16(18)10-13-7-8-14(17)9-12(13)2/h3-9,16,18H,10H2,1-2H3. The predicted molar refractivity (Wildman–Crippen MR) is 71.0 cm³/mol. The summed E-state index contributed by atoms with van der Waals surface area (Å²) in [4.78, 5) is 0. The third kappa shape index (κ3) is 2.77. The molecular weight excluding hydrogens is 227 g/mol. The van der Waals surface area contributed by atoms with Gasteiger partial charge in [-0.1, -0.05) is 30.3 Å². The lowest BCUT2D eigenvalue weighted by atomic mass is 9.95. The number of aliphatic hydroxyl groups is 1. The van der Waals surface area contributed by atoms with Crippen LogP contribution in [0.2, 0.25) is 0 Å². The summed E-state index contributed by atoms with van der Waals surface area (Å²) < 4.78 is 13.0. The Hall–Kier alpha value is -1.67. The lowest BCUT2D eigenvalue weighted by molar-refractivity contribution is 0.177. The molecule has 1 unspecified atom stereocenters. The van der Waals surface area contributed by atoms with Crippen molar-refractivity contribution in [2.75, 3.05) is 0 Å². The number of rotatable bonds is 3. The van der Waals surface area contributed by atoms with Gasteiger partial charge < -0.3 is 5.11 Å². The first kappa shape index (κ1) is 12.8. The molecule has 1 nitrogen and oxygen atoms in total. The second kappa shape index (κ2) is 5.32. The van der Waals surface area contributed by atoms with Crippen LogP contribution in [0.5, 0.6) is 0 Å². The number of aryl methyl sites for hydroxylation is 2. The summed E-state index contributed by atoms with van der Waals surface area (Å²) in [5.41, 5.74) is 3.86. The van der Waals surface area contributed by atoms with Gasteiger partial charge in [0.2, 0.25) is 0 Å². The summed E-state index contributed by atoms with van der Waals surface area (Å²) in [6.45, 7) is 3.85. The zero-order valence-corrected chi connectivity index (χ0v) is 10.7. The van der Waals surface area contributed by atoms with Gasteiger partial charge in [-0.3, -0.25) is 0 Å². The van der Waals surface area contributed by atoms with E-state index in [1.54, 1.807) is 6.07 Å². The minimum Gasteiger partial charge on any atom is -0.388 e. The molecule has 0 heterocycles. The zero-order chi connectivity index (χ0) is 13.1. The molecule has 1 atom stereocenters. The largest absolute Gasteiger partial charge is 0.388 e. The van der Waals surface area contributed by atoms with Gasteiger partial charge in [0.15, 0.2) is 0 Å². The van der Waals surface area contributed by atoms with Crippen molar-refractivity contribution in [3.05, 3.63) is 70.5 Å². The number of hydrogen-bond acceptors (Lipinski definition) is 1. The van der Waals surface area contributed by atoms with E-state index in [2.05, 4.69) is 0 Å². The molecule has 18 heavy (non-hydrogen) atoms. The minimum atomic E-state index is -0.546. The minimum absolute atomic E-state index is 0.235. The molecule has 0 aliphatic heterocycles. The Morgan fingerprint density at radius 1 is 1.06 bits per heavy atom. The SMILES string of the molecule is Cc1cc(F)ccc1CC(O)c1ccccc1C. The Kier molecular flexibility index (Phi) is 3.78. The fraction of sp³-hybridized carbons (Fsp3) is 0.250. The third-order valence-electron chi connectivity index (χ3n) is 3.27. The molecule has 0 aliphatic carbocycles. The molecule has 0 saturated carbocycles. The molecule has 0 bridgehead atoms. The third-order valence-corrected chi connectivity index (χ3v) is 3.27. The molecular formula is C16H17FO. The van der Waals surface area contributed by atoms with E-state index in [4.69, 9.17) is 0 Å². The van der Waals surface area contributed by atoms with Gasteiger partial charge in [-0.15, -0.1) is 0 Å². The molecule has 2 aromatic rings. The summed E-state index contributed by atoms with van der Waals surface area (Å²) in [6, 6.07) is 12.5. The first-order valence-electron chi connectivity index (χ1n) is 6.06. The summed E-state index contributed by atoms with van der Waals surface area (Å²) in [7, 11) is 0. The van der Waals surface area contributed by atoms with Crippen LogP contribution in [0.25, 0.3) is 0 Å². The van der Waals surface area contributed by atoms with E-state index in [-0.39, 0.29) is 5.82 Å². The van der Waals surface area contributed by atoms with Crippen molar-refractivity contribution in [3.8, 4) is 0 Å². The lowest BCUT2D eigenvalue weighted by Crippen LogP contribution is -2.05. The molecule has 1 N–H and O–H groups in total. The van der Waals surface area contributed by atoms with Crippen LogP contribution in [0, 0.1) is 19.7 Å². The second-order valence-corrected chi connectivity index (χ2v) is 4.65. The number of halogens is 1. The molecule has 0 aliphatic rings. The average molecular weight is 244 g/mol. The van der Waals surface area contributed by atoms with E-state index in [9.17, 15) is 9.50 Å². The van der Waals surface area contributed by atoms with Gasteiger partial charge in [-0.25, -0.2) is 4.39 Å². The first-order chi connectivity index (χ1) is 8.58. The molecule has 0 spiro atoms. The van der Waals surface area contributed by atoms with Gasteiger partial charge in [0.05, 0.1) is 6.10 Å². The summed E-state index contributed by atoms with van der Waals surface area (Å²) in [5, 5.41) is 10.3. The monoisotopic (exact) mass is 244 g/mol. The fourth-order valence-corrected chi connectivity index (χ4v) is 2.17. The number of benzene rings is 2. The Labute approximate surface area is 107 Å². The van der Waals surface area contributed by atoms with E-state index >= 15 is 0 Å². The maximum absolute atomic E-state index is 13.0. The van der Waals surface area contributed by atoms with E-state index < -0.39 is 6.10 Å². The Morgan fingerprint density at radius 2 is 1.78 bits per heavy atom.